The van der Waals surface area contributed by atoms with Crippen LogP contribution in [-0.4, -0.2) is 24.2 Å². The zero-order valence-corrected chi connectivity index (χ0v) is 11.4. The molecular weight excluding hydrogens is 240 g/mol. The molecular formula is C15H18N2O2. The molecule has 0 unspecified atom stereocenters. The predicted molar refractivity (Wildman–Crippen MR) is 75.9 cm³/mol. The van der Waals surface area contributed by atoms with Crippen LogP contribution in [0.5, 0.6) is 5.75 Å². The standard InChI is InChI=1S/C15H18N2O2/c1-11(18)12-4-9-15(16-10-12)17(2)13-5-7-14(19-3)8-6-13/h4-11,18H,1-3H3/t11-/m1/s1. The van der Waals surface area contributed by atoms with E-state index in [1.165, 1.54) is 0 Å². The van der Waals surface area contributed by atoms with E-state index in [0.717, 1.165) is 22.8 Å². The van der Waals surface area contributed by atoms with Crippen LogP contribution in [0.3, 0.4) is 0 Å². The first-order valence-corrected chi connectivity index (χ1v) is 6.13. The Hall–Kier alpha value is -2.07. The van der Waals surface area contributed by atoms with Gasteiger partial charge in [-0.25, -0.2) is 4.98 Å². The normalized spacial score (nSPS) is 12.0. The van der Waals surface area contributed by atoms with E-state index in [4.69, 9.17) is 4.74 Å². The summed E-state index contributed by atoms with van der Waals surface area (Å²) in [4.78, 5) is 6.33. The highest BCUT2D eigenvalue weighted by Gasteiger charge is 2.07. The highest BCUT2D eigenvalue weighted by Crippen LogP contribution is 2.24. The summed E-state index contributed by atoms with van der Waals surface area (Å²) in [5, 5.41) is 9.46. The van der Waals surface area contributed by atoms with Crippen LogP contribution in [0.1, 0.15) is 18.6 Å². The van der Waals surface area contributed by atoms with Crippen molar-refractivity contribution in [3.05, 3.63) is 48.2 Å². The Morgan fingerprint density at radius 1 is 1.16 bits per heavy atom. The molecule has 1 aromatic carbocycles. The Balaban J connectivity index is 2.20. The molecule has 2 rings (SSSR count). The van der Waals surface area contributed by atoms with E-state index in [-0.39, 0.29) is 0 Å². The van der Waals surface area contributed by atoms with E-state index < -0.39 is 6.10 Å². The number of pyridine rings is 1. The third-order valence-corrected chi connectivity index (χ3v) is 3.06. The van der Waals surface area contributed by atoms with Gasteiger partial charge in [-0.15, -0.1) is 0 Å². The fraction of sp³-hybridized carbons (Fsp3) is 0.267. The number of ether oxygens (including phenoxy) is 1. The lowest BCUT2D eigenvalue weighted by molar-refractivity contribution is 0.199. The van der Waals surface area contributed by atoms with Gasteiger partial charge in [0.05, 0.1) is 13.2 Å². The van der Waals surface area contributed by atoms with Crippen molar-refractivity contribution < 1.29 is 9.84 Å². The molecule has 0 saturated carbocycles. The number of methoxy groups -OCH3 is 1. The Kier molecular flexibility index (Phi) is 4.02. The highest BCUT2D eigenvalue weighted by molar-refractivity contribution is 5.59. The highest BCUT2D eigenvalue weighted by atomic mass is 16.5. The summed E-state index contributed by atoms with van der Waals surface area (Å²) in [6, 6.07) is 11.6. The molecule has 0 fully saturated rings. The average molecular weight is 258 g/mol. The van der Waals surface area contributed by atoms with Crippen molar-refractivity contribution in [2.24, 2.45) is 0 Å². The number of benzene rings is 1. The smallest absolute Gasteiger partial charge is 0.132 e. The number of hydrogen-bond acceptors (Lipinski definition) is 4. The number of aliphatic hydroxyl groups excluding tert-OH is 1. The fourth-order valence-corrected chi connectivity index (χ4v) is 1.78. The van der Waals surface area contributed by atoms with Gasteiger partial charge in [-0.3, -0.25) is 0 Å². The SMILES string of the molecule is COc1ccc(N(C)c2ccc([C@@H](C)O)cn2)cc1. The molecule has 0 aliphatic rings. The first-order valence-electron chi connectivity index (χ1n) is 6.13. The number of rotatable bonds is 4. The molecule has 1 aromatic heterocycles. The second kappa shape index (κ2) is 5.71. The quantitative estimate of drug-likeness (QED) is 0.916. The molecule has 1 atom stereocenters. The minimum atomic E-state index is -0.493. The van der Waals surface area contributed by atoms with Gasteiger partial charge in [0, 0.05) is 18.9 Å². The van der Waals surface area contributed by atoms with Crippen LogP contribution < -0.4 is 9.64 Å². The van der Waals surface area contributed by atoms with Gasteiger partial charge in [-0.05, 0) is 42.8 Å². The van der Waals surface area contributed by atoms with Gasteiger partial charge in [0.1, 0.15) is 11.6 Å². The second-order valence-corrected chi connectivity index (χ2v) is 4.38. The Labute approximate surface area is 113 Å². The topological polar surface area (TPSA) is 45.6 Å². The molecule has 100 valence electrons. The van der Waals surface area contributed by atoms with Crippen molar-refractivity contribution in [1.29, 1.82) is 0 Å². The summed E-state index contributed by atoms with van der Waals surface area (Å²) < 4.78 is 5.13. The molecule has 4 heteroatoms. The molecule has 0 bridgehead atoms. The number of aliphatic hydroxyl groups is 1. The van der Waals surface area contributed by atoms with Crippen molar-refractivity contribution in [2.75, 3.05) is 19.1 Å². The minimum Gasteiger partial charge on any atom is -0.497 e. The lowest BCUT2D eigenvalue weighted by Crippen LogP contribution is -2.11. The van der Waals surface area contributed by atoms with Gasteiger partial charge in [0.2, 0.25) is 0 Å². The molecule has 1 heterocycles. The lowest BCUT2D eigenvalue weighted by Gasteiger charge is -2.19. The number of hydrogen-bond donors (Lipinski definition) is 1. The van der Waals surface area contributed by atoms with Gasteiger partial charge in [0.25, 0.3) is 0 Å². The van der Waals surface area contributed by atoms with E-state index in [0.29, 0.717) is 0 Å². The van der Waals surface area contributed by atoms with Crippen molar-refractivity contribution >= 4 is 11.5 Å². The Morgan fingerprint density at radius 2 is 1.84 bits per heavy atom. The van der Waals surface area contributed by atoms with Crippen LogP contribution in [0.2, 0.25) is 0 Å². The molecule has 0 aliphatic heterocycles. The number of nitrogens with zero attached hydrogens (tertiary/aromatic N) is 2. The Bertz CT molecular complexity index is 521. The zero-order valence-electron chi connectivity index (χ0n) is 11.4. The number of anilines is 2. The monoisotopic (exact) mass is 258 g/mol. The van der Waals surface area contributed by atoms with Crippen LogP contribution >= 0.6 is 0 Å². The largest absolute Gasteiger partial charge is 0.497 e. The van der Waals surface area contributed by atoms with Crippen LogP contribution in [0.15, 0.2) is 42.6 Å². The summed E-state index contributed by atoms with van der Waals surface area (Å²) in [5.74, 6) is 1.66. The van der Waals surface area contributed by atoms with Crippen molar-refractivity contribution in [2.45, 2.75) is 13.0 Å². The molecule has 0 amide bonds. The van der Waals surface area contributed by atoms with Crippen LogP contribution in [0.4, 0.5) is 11.5 Å². The van der Waals surface area contributed by atoms with Crippen molar-refractivity contribution in [3.63, 3.8) is 0 Å². The average Bonchev–Trinajstić information content (AvgIpc) is 2.46. The van der Waals surface area contributed by atoms with Gasteiger partial charge in [-0.2, -0.15) is 0 Å². The summed E-state index contributed by atoms with van der Waals surface area (Å²) >= 11 is 0. The summed E-state index contributed by atoms with van der Waals surface area (Å²) in [7, 11) is 3.60. The zero-order chi connectivity index (χ0) is 13.8. The molecule has 4 nitrogen and oxygen atoms in total. The molecule has 1 N–H and O–H groups in total. The first-order chi connectivity index (χ1) is 9.11. The number of aromatic nitrogens is 1. The summed E-state index contributed by atoms with van der Waals surface area (Å²) in [5.41, 5.74) is 1.84. The third-order valence-electron chi connectivity index (χ3n) is 3.06. The van der Waals surface area contributed by atoms with Crippen molar-refractivity contribution in [3.8, 4) is 5.75 Å². The van der Waals surface area contributed by atoms with Gasteiger partial charge >= 0.3 is 0 Å². The maximum atomic E-state index is 9.46. The van der Waals surface area contributed by atoms with E-state index in [9.17, 15) is 5.11 Å². The predicted octanol–water partition coefficient (Wildman–Crippen LogP) is 2.91. The van der Waals surface area contributed by atoms with Crippen LogP contribution in [0, 0.1) is 0 Å². The minimum absolute atomic E-state index is 0.493. The first kappa shape index (κ1) is 13.4. The molecule has 0 saturated heterocycles. The van der Waals surface area contributed by atoms with E-state index in [1.807, 2.05) is 48.3 Å². The summed E-state index contributed by atoms with van der Waals surface area (Å²) in [6.45, 7) is 1.73. The van der Waals surface area contributed by atoms with Gasteiger partial charge in [-0.1, -0.05) is 6.07 Å². The fourth-order valence-electron chi connectivity index (χ4n) is 1.78. The maximum absolute atomic E-state index is 9.46. The molecule has 0 spiro atoms. The molecule has 0 aliphatic carbocycles. The molecule has 2 aromatic rings. The molecule has 0 radical (unpaired) electrons. The second-order valence-electron chi connectivity index (χ2n) is 4.38. The van der Waals surface area contributed by atoms with Crippen LogP contribution in [0.25, 0.3) is 0 Å². The van der Waals surface area contributed by atoms with Gasteiger partial charge in [0.15, 0.2) is 0 Å². The maximum Gasteiger partial charge on any atom is 0.132 e. The third kappa shape index (κ3) is 3.03. The van der Waals surface area contributed by atoms with E-state index in [1.54, 1.807) is 20.2 Å². The van der Waals surface area contributed by atoms with Crippen LogP contribution in [-0.2, 0) is 0 Å². The van der Waals surface area contributed by atoms with Gasteiger partial charge < -0.3 is 14.7 Å². The molecule has 19 heavy (non-hydrogen) atoms. The lowest BCUT2D eigenvalue weighted by atomic mass is 10.2. The van der Waals surface area contributed by atoms with E-state index >= 15 is 0 Å². The Morgan fingerprint density at radius 3 is 2.32 bits per heavy atom. The van der Waals surface area contributed by atoms with Crippen molar-refractivity contribution in [1.82, 2.24) is 4.98 Å². The van der Waals surface area contributed by atoms with E-state index in [2.05, 4.69) is 4.98 Å². The summed E-state index contributed by atoms with van der Waals surface area (Å²) in [6.07, 6.45) is 1.20.